The second kappa shape index (κ2) is 7.04. The van der Waals surface area contributed by atoms with Crippen LogP contribution < -0.4 is 0 Å². The minimum atomic E-state index is 0.861. The van der Waals surface area contributed by atoms with Crippen molar-refractivity contribution in [1.82, 2.24) is 0 Å². The Labute approximate surface area is 108 Å². The lowest BCUT2D eigenvalue weighted by Gasteiger charge is -2.11. The lowest BCUT2D eigenvalue weighted by Crippen LogP contribution is -2.06. The first-order chi connectivity index (χ1) is 6.36. The van der Waals surface area contributed by atoms with Gasteiger partial charge in [0.15, 0.2) is 0 Å². The van der Waals surface area contributed by atoms with Gasteiger partial charge in [0.1, 0.15) is 0 Å². The summed E-state index contributed by atoms with van der Waals surface area (Å²) in [6.45, 7) is 0. The third kappa shape index (κ3) is 4.63. The summed E-state index contributed by atoms with van der Waals surface area (Å²) in [5.41, 5.74) is 1.48. The summed E-state index contributed by atoms with van der Waals surface area (Å²) in [5, 5.41) is 0. The fourth-order valence-electron chi connectivity index (χ4n) is 1.34. The average molecular weight is 400 g/mol. The fraction of sp³-hybridized carbons (Fsp3) is 0.455. The van der Waals surface area contributed by atoms with E-state index < -0.39 is 0 Å². The molecule has 0 aromatic heterocycles. The Morgan fingerprint density at radius 2 is 1.77 bits per heavy atom. The van der Waals surface area contributed by atoms with Crippen molar-refractivity contribution in [2.24, 2.45) is 5.92 Å². The zero-order valence-electron chi connectivity index (χ0n) is 7.55. The van der Waals surface area contributed by atoms with Crippen LogP contribution in [-0.4, -0.2) is 8.86 Å². The summed E-state index contributed by atoms with van der Waals surface area (Å²) in [4.78, 5) is 0. The van der Waals surface area contributed by atoms with Crippen LogP contribution >= 0.6 is 45.2 Å². The van der Waals surface area contributed by atoms with Crippen molar-refractivity contribution in [3.8, 4) is 0 Å². The summed E-state index contributed by atoms with van der Waals surface area (Å²) < 4.78 is 2.55. The minimum absolute atomic E-state index is 0.861. The number of hydrogen-bond acceptors (Lipinski definition) is 0. The summed E-state index contributed by atoms with van der Waals surface area (Å²) in [6.07, 6.45) is 2.59. The van der Waals surface area contributed by atoms with E-state index in [4.69, 9.17) is 0 Å². The van der Waals surface area contributed by atoms with E-state index in [0.29, 0.717) is 0 Å². The molecule has 0 amide bonds. The number of hydrogen-bond donors (Lipinski definition) is 0. The van der Waals surface area contributed by atoms with Gasteiger partial charge in [-0.25, -0.2) is 0 Å². The van der Waals surface area contributed by atoms with Crippen molar-refractivity contribution in [1.29, 1.82) is 0 Å². The van der Waals surface area contributed by atoms with Gasteiger partial charge in [-0.3, -0.25) is 0 Å². The molecule has 1 unspecified atom stereocenters. The van der Waals surface area contributed by atoms with Gasteiger partial charge < -0.3 is 0 Å². The molecule has 0 aliphatic heterocycles. The van der Waals surface area contributed by atoms with Crippen LogP contribution in [0.1, 0.15) is 12.0 Å². The van der Waals surface area contributed by atoms with Crippen LogP contribution in [0, 0.1) is 5.92 Å². The molecule has 0 fully saturated rings. The van der Waals surface area contributed by atoms with Crippen molar-refractivity contribution < 1.29 is 0 Å². The highest BCUT2D eigenvalue weighted by molar-refractivity contribution is 14.1. The van der Waals surface area contributed by atoms with E-state index in [2.05, 4.69) is 75.5 Å². The van der Waals surface area contributed by atoms with Gasteiger partial charge in [0.2, 0.25) is 0 Å². The van der Waals surface area contributed by atoms with Gasteiger partial charge in [-0.15, -0.1) is 0 Å². The Bertz CT molecular complexity index is 221. The van der Waals surface area contributed by atoms with Gasteiger partial charge in [-0.05, 0) is 28.8 Å². The molecule has 0 spiro atoms. The van der Waals surface area contributed by atoms with E-state index in [1.165, 1.54) is 27.3 Å². The summed E-state index contributed by atoms with van der Waals surface area (Å²) in [7, 11) is 0. The Morgan fingerprint density at radius 1 is 1.08 bits per heavy atom. The first-order valence-corrected chi connectivity index (χ1v) is 7.57. The largest absolute Gasteiger partial charge is 0.0864 e. The zero-order chi connectivity index (χ0) is 9.52. The van der Waals surface area contributed by atoms with Gasteiger partial charge in [0.05, 0.1) is 0 Å². The molecule has 0 saturated heterocycles. The summed E-state index contributed by atoms with van der Waals surface area (Å²) in [5.74, 6) is 0.861. The molecule has 1 aromatic carbocycles. The number of alkyl halides is 2. The predicted molar refractivity (Wildman–Crippen MR) is 76.0 cm³/mol. The number of benzene rings is 1. The average Bonchev–Trinajstić information content (AvgIpc) is 2.19. The van der Waals surface area contributed by atoms with E-state index in [1.54, 1.807) is 0 Å². The van der Waals surface area contributed by atoms with Crippen LogP contribution in [0.15, 0.2) is 30.3 Å². The lowest BCUT2D eigenvalue weighted by molar-refractivity contribution is 0.587. The summed E-state index contributed by atoms with van der Waals surface area (Å²) in [6, 6.07) is 10.8. The quantitative estimate of drug-likeness (QED) is 0.516. The Balaban J connectivity index is 2.46. The van der Waals surface area contributed by atoms with Gasteiger partial charge in [-0.2, -0.15) is 0 Å². The fourth-order valence-corrected chi connectivity index (χ4v) is 2.97. The SMILES string of the molecule is ICCC(CI)Cc1ccccc1. The van der Waals surface area contributed by atoms with Crippen molar-refractivity contribution in [2.75, 3.05) is 8.86 Å². The molecule has 0 N–H and O–H groups in total. The smallest absolute Gasteiger partial charge is 0.00271 e. The molecule has 1 atom stereocenters. The van der Waals surface area contributed by atoms with Crippen molar-refractivity contribution in [2.45, 2.75) is 12.8 Å². The molecular weight excluding hydrogens is 386 g/mol. The molecule has 0 nitrogen and oxygen atoms in total. The van der Waals surface area contributed by atoms with E-state index in [9.17, 15) is 0 Å². The highest BCUT2D eigenvalue weighted by Crippen LogP contribution is 2.15. The lowest BCUT2D eigenvalue weighted by atomic mass is 9.99. The third-order valence-electron chi connectivity index (χ3n) is 2.10. The standard InChI is InChI=1S/C11H14I2/c12-7-6-11(9-13)8-10-4-2-1-3-5-10/h1-5,11H,6-9H2. The van der Waals surface area contributed by atoms with Crippen molar-refractivity contribution >= 4 is 45.2 Å². The highest BCUT2D eigenvalue weighted by atomic mass is 127. The summed E-state index contributed by atoms with van der Waals surface area (Å²) >= 11 is 4.96. The van der Waals surface area contributed by atoms with E-state index in [-0.39, 0.29) is 0 Å². The van der Waals surface area contributed by atoms with Crippen LogP contribution in [0.25, 0.3) is 0 Å². The van der Waals surface area contributed by atoms with Crippen LogP contribution in [0.5, 0.6) is 0 Å². The number of halogens is 2. The molecule has 0 aliphatic carbocycles. The molecule has 0 radical (unpaired) electrons. The predicted octanol–water partition coefficient (Wildman–Crippen LogP) is 4.11. The van der Waals surface area contributed by atoms with Gasteiger partial charge in [0, 0.05) is 4.43 Å². The molecule has 0 bridgehead atoms. The van der Waals surface area contributed by atoms with Crippen LogP contribution in [0.3, 0.4) is 0 Å². The van der Waals surface area contributed by atoms with Gasteiger partial charge >= 0.3 is 0 Å². The Kier molecular flexibility index (Phi) is 6.36. The van der Waals surface area contributed by atoms with Crippen LogP contribution in [0.2, 0.25) is 0 Å². The second-order valence-electron chi connectivity index (χ2n) is 3.19. The van der Waals surface area contributed by atoms with E-state index in [1.807, 2.05) is 0 Å². The topological polar surface area (TPSA) is 0 Å². The first kappa shape index (κ1) is 11.8. The second-order valence-corrected chi connectivity index (χ2v) is 5.15. The molecule has 0 saturated carbocycles. The van der Waals surface area contributed by atoms with Crippen LogP contribution in [-0.2, 0) is 6.42 Å². The molecule has 0 aliphatic rings. The molecule has 2 heteroatoms. The minimum Gasteiger partial charge on any atom is -0.0864 e. The molecule has 72 valence electrons. The monoisotopic (exact) mass is 400 g/mol. The molecule has 13 heavy (non-hydrogen) atoms. The normalized spacial score (nSPS) is 12.8. The zero-order valence-corrected chi connectivity index (χ0v) is 11.9. The maximum Gasteiger partial charge on any atom is 0.00271 e. The van der Waals surface area contributed by atoms with Crippen LogP contribution in [0.4, 0.5) is 0 Å². The molecule has 1 rings (SSSR count). The van der Waals surface area contributed by atoms with Gasteiger partial charge in [-0.1, -0.05) is 75.5 Å². The highest BCUT2D eigenvalue weighted by Gasteiger charge is 2.06. The Hall–Kier alpha value is 0.680. The van der Waals surface area contributed by atoms with E-state index in [0.717, 1.165) is 5.92 Å². The third-order valence-corrected chi connectivity index (χ3v) is 3.97. The van der Waals surface area contributed by atoms with Crippen molar-refractivity contribution in [3.63, 3.8) is 0 Å². The molecule has 1 aromatic rings. The molecule has 0 heterocycles. The Morgan fingerprint density at radius 3 is 2.31 bits per heavy atom. The maximum atomic E-state index is 2.50. The van der Waals surface area contributed by atoms with Crippen molar-refractivity contribution in [3.05, 3.63) is 35.9 Å². The molecular formula is C11H14I2. The maximum absolute atomic E-state index is 2.50. The van der Waals surface area contributed by atoms with Gasteiger partial charge in [0.25, 0.3) is 0 Å². The number of rotatable bonds is 5. The first-order valence-electron chi connectivity index (χ1n) is 4.52. The van der Waals surface area contributed by atoms with E-state index >= 15 is 0 Å².